The molecule has 0 saturated heterocycles. The first kappa shape index (κ1) is 14.2. The lowest BCUT2D eigenvalue weighted by atomic mass is 10.3. The summed E-state index contributed by atoms with van der Waals surface area (Å²) in [7, 11) is 1.61. The van der Waals surface area contributed by atoms with Crippen LogP contribution in [0.15, 0.2) is 41.5 Å². The molecule has 1 heterocycles. The highest BCUT2D eigenvalue weighted by molar-refractivity contribution is 5.39. The third-order valence-corrected chi connectivity index (χ3v) is 3.04. The van der Waals surface area contributed by atoms with Crippen molar-refractivity contribution < 1.29 is 9.47 Å². The molecule has 0 atom stereocenters. The molecule has 5 nitrogen and oxygen atoms in total. The van der Waals surface area contributed by atoms with E-state index in [1.807, 2.05) is 30.5 Å². The number of hydrogen-bond donors (Lipinski definition) is 0. The number of aryl methyl sites for hydroxylation is 1. The summed E-state index contributed by atoms with van der Waals surface area (Å²) in [4.78, 5) is 12.0. The molecule has 1 aromatic carbocycles. The first-order chi connectivity index (χ1) is 9.76. The number of imidazole rings is 1. The van der Waals surface area contributed by atoms with Crippen molar-refractivity contribution in [3.63, 3.8) is 0 Å². The third-order valence-electron chi connectivity index (χ3n) is 3.04. The highest BCUT2D eigenvalue weighted by Crippen LogP contribution is 2.25. The van der Waals surface area contributed by atoms with Crippen LogP contribution in [0.3, 0.4) is 0 Å². The molecule has 1 aromatic heterocycles. The second-order valence-electron chi connectivity index (χ2n) is 4.47. The Morgan fingerprint density at radius 1 is 1.05 bits per heavy atom. The van der Waals surface area contributed by atoms with E-state index >= 15 is 0 Å². The van der Waals surface area contributed by atoms with Gasteiger partial charge in [-0.3, -0.25) is 9.13 Å². The van der Waals surface area contributed by atoms with Gasteiger partial charge in [-0.05, 0) is 18.6 Å². The van der Waals surface area contributed by atoms with Crippen molar-refractivity contribution in [3.8, 4) is 11.5 Å². The second-order valence-corrected chi connectivity index (χ2v) is 4.47. The fourth-order valence-corrected chi connectivity index (χ4v) is 2.03. The van der Waals surface area contributed by atoms with E-state index in [0.29, 0.717) is 24.7 Å². The van der Waals surface area contributed by atoms with Gasteiger partial charge >= 0.3 is 5.69 Å². The first-order valence-electron chi connectivity index (χ1n) is 6.77. The van der Waals surface area contributed by atoms with Gasteiger partial charge in [0.05, 0.1) is 13.7 Å². The molecule has 0 radical (unpaired) electrons. The van der Waals surface area contributed by atoms with Crippen molar-refractivity contribution in [1.29, 1.82) is 0 Å². The predicted octanol–water partition coefficient (Wildman–Crippen LogP) is 2.15. The quantitative estimate of drug-likeness (QED) is 0.778. The summed E-state index contributed by atoms with van der Waals surface area (Å²) >= 11 is 0. The summed E-state index contributed by atoms with van der Waals surface area (Å²) in [6.45, 7) is 3.75. The van der Waals surface area contributed by atoms with Crippen molar-refractivity contribution >= 4 is 0 Å². The number of benzene rings is 1. The van der Waals surface area contributed by atoms with Crippen molar-refractivity contribution in [2.45, 2.75) is 26.4 Å². The van der Waals surface area contributed by atoms with E-state index in [1.165, 1.54) is 0 Å². The van der Waals surface area contributed by atoms with Crippen molar-refractivity contribution in [1.82, 2.24) is 9.13 Å². The number of ether oxygens (including phenoxy) is 2. The standard InChI is InChI=1S/C15H20N2O3/c1-3-8-16-9-10-17(15(16)18)11-12-20-14-7-5-4-6-13(14)19-2/h4-7,9-10H,3,8,11-12H2,1-2H3. The maximum Gasteiger partial charge on any atom is 0.328 e. The highest BCUT2D eigenvalue weighted by Gasteiger charge is 2.05. The number of aromatic nitrogens is 2. The van der Waals surface area contributed by atoms with Crippen LogP contribution in [-0.4, -0.2) is 22.9 Å². The van der Waals surface area contributed by atoms with Gasteiger partial charge < -0.3 is 9.47 Å². The molecule has 5 heteroatoms. The molecular formula is C15H20N2O3. The average Bonchev–Trinajstić information content (AvgIpc) is 2.81. The number of hydrogen-bond acceptors (Lipinski definition) is 3. The Balaban J connectivity index is 1.94. The molecule has 0 unspecified atom stereocenters. The Hall–Kier alpha value is -2.17. The van der Waals surface area contributed by atoms with Gasteiger partial charge in [0.2, 0.25) is 0 Å². The molecular weight excluding hydrogens is 256 g/mol. The van der Waals surface area contributed by atoms with Crippen LogP contribution in [0.5, 0.6) is 11.5 Å². The van der Waals surface area contributed by atoms with E-state index in [4.69, 9.17) is 9.47 Å². The van der Waals surface area contributed by atoms with Crippen molar-refractivity contribution in [2.24, 2.45) is 0 Å². The monoisotopic (exact) mass is 276 g/mol. The van der Waals surface area contributed by atoms with Crippen LogP contribution in [0.2, 0.25) is 0 Å². The van der Waals surface area contributed by atoms with Crippen molar-refractivity contribution in [3.05, 3.63) is 47.1 Å². The summed E-state index contributed by atoms with van der Waals surface area (Å²) in [5.74, 6) is 1.39. The highest BCUT2D eigenvalue weighted by atomic mass is 16.5. The minimum Gasteiger partial charge on any atom is -0.493 e. The Labute approximate surface area is 118 Å². The average molecular weight is 276 g/mol. The smallest absolute Gasteiger partial charge is 0.328 e. The molecule has 0 saturated carbocycles. The van der Waals surface area contributed by atoms with Gasteiger partial charge in [-0.25, -0.2) is 4.79 Å². The van der Waals surface area contributed by atoms with Gasteiger partial charge in [-0.15, -0.1) is 0 Å². The third kappa shape index (κ3) is 3.23. The van der Waals surface area contributed by atoms with E-state index < -0.39 is 0 Å². The fraction of sp³-hybridized carbons (Fsp3) is 0.400. The lowest BCUT2D eigenvalue weighted by Gasteiger charge is -2.10. The summed E-state index contributed by atoms with van der Waals surface area (Å²) in [5, 5.41) is 0. The van der Waals surface area contributed by atoms with E-state index in [2.05, 4.69) is 6.92 Å². The molecule has 0 amide bonds. The minimum atomic E-state index is 0.00970. The SMILES string of the molecule is CCCn1ccn(CCOc2ccccc2OC)c1=O. The van der Waals surface area contributed by atoms with Crippen LogP contribution < -0.4 is 15.2 Å². The zero-order chi connectivity index (χ0) is 14.4. The van der Waals surface area contributed by atoms with E-state index in [1.54, 1.807) is 22.4 Å². The Kier molecular flexibility index (Phi) is 4.87. The molecule has 0 fully saturated rings. The Morgan fingerprint density at radius 3 is 2.35 bits per heavy atom. The summed E-state index contributed by atoms with van der Waals surface area (Å²) in [5.41, 5.74) is 0.00970. The van der Waals surface area contributed by atoms with Crippen LogP contribution in [0.4, 0.5) is 0 Å². The predicted molar refractivity (Wildman–Crippen MR) is 77.5 cm³/mol. The van der Waals surface area contributed by atoms with Gasteiger partial charge in [-0.1, -0.05) is 19.1 Å². The zero-order valence-electron chi connectivity index (χ0n) is 11.9. The Bertz CT molecular complexity index is 601. The molecule has 0 aliphatic heterocycles. The van der Waals surface area contributed by atoms with Gasteiger partial charge in [0.25, 0.3) is 0 Å². The number of methoxy groups -OCH3 is 1. The fourth-order valence-electron chi connectivity index (χ4n) is 2.03. The van der Waals surface area contributed by atoms with Gasteiger partial charge in [0, 0.05) is 18.9 Å². The van der Waals surface area contributed by atoms with Crippen LogP contribution in [0.1, 0.15) is 13.3 Å². The topological polar surface area (TPSA) is 45.4 Å². The second kappa shape index (κ2) is 6.84. The molecule has 0 bridgehead atoms. The zero-order valence-corrected chi connectivity index (χ0v) is 11.9. The van der Waals surface area contributed by atoms with E-state index in [-0.39, 0.29) is 5.69 Å². The largest absolute Gasteiger partial charge is 0.493 e. The molecule has 2 aromatic rings. The van der Waals surface area contributed by atoms with Crippen LogP contribution in [-0.2, 0) is 13.1 Å². The normalized spacial score (nSPS) is 10.5. The molecule has 0 N–H and O–H groups in total. The summed E-state index contributed by atoms with van der Waals surface area (Å²) < 4.78 is 14.2. The number of para-hydroxylation sites is 2. The molecule has 20 heavy (non-hydrogen) atoms. The maximum absolute atomic E-state index is 12.0. The van der Waals surface area contributed by atoms with Crippen LogP contribution in [0, 0.1) is 0 Å². The maximum atomic E-state index is 12.0. The molecule has 2 rings (SSSR count). The summed E-state index contributed by atoms with van der Waals surface area (Å²) in [6, 6.07) is 7.48. The van der Waals surface area contributed by atoms with Gasteiger partial charge in [0.15, 0.2) is 11.5 Å². The summed E-state index contributed by atoms with van der Waals surface area (Å²) in [6.07, 6.45) is 4.56. The lowest BCUT2D eigenvalue weighted by Crippen LogP contribution is -2.25. The number of nitrogens with zero attached hydrogens (tertiary/aromatic N) is 2. The van der Waals surface area contributed by atoms with Crippen molar-refractivity contribution in [2.75, 3.05) is 13.7 Å². The minimum absolute atomic E-state index is 0.00970. The molecule has 0 spiro atoms. The number of rotatable bonds is 7. The van der Waals surface area contributed by atoms with E-state index in [9.17, 15) is 4.79 Å². The Morgan fingerprint density at radius 2 is 1.70 bits per heavy atom. The molecule has 108 valence electrons. The lowest BCUT2D eigenvalue weighted by molar-refractivity contribution is 0.278. The van der Waals surface area contributed by atoms with Gasteiger partial charge in [-0.2, -0.15) is 0 Å². The first-order valence-corrected chi connectivity index (χ1v) is 6.77. The van der Waals surface area contributed by atoms with Crippen LogP contribution in [0.25, 0.3) is 0 Å². The van der Waals surface area contributed by atoms with Crippen LogP contribution >= 0.6 is 0 Å². The molecule has 0 aliphatic rings. The van der Waals surface area contributed by atoms with Gasteiger partial charge in [0.1, 0.15) is 6.61 Å². The van der Waals surface area contributed by atoms with E-state index in [0.717, 1.165) is 13.0 Å². The molecule has 0 aliphatic carbocycles.